The molecule has 4 nitrogen and oxygen atoms in total. The molecule has 1 aromatic carbocycles. The molecule has 0 bridgehead atoms. The zero-order valence-electron chi connectivity index (χ0n) is 11.1. The molecule has 1 atom stereocenters. The van der Waals surface area contributed by atoms with Gasteiger partial charge < -0.3 is 15.1 Å². The van der Waals surface area contributed by atoms with Gasteiger partial charge in [0.25, 0.3) is 5.91 Å². The average Bonchev–Trinajstić information content (AvgIpc) is 2.93. The number of anilines is 1. The molecular formula is C14H13Cl3N2O2. The number of furan rings is 1. The van der Waals surface area contributed by atoms with Crippen LogP contribution in [0, 0.1) is 6.92 Å². The molecule has 1 heterocycles. The number of rotatable bonds is 4. The van der Waals surface area contributed by atoms with E-state index in [0.717, 1.165) is 11.3 Å². The molecule has 2 aromatic rings. The number of alkyl halides is 3. The largest absolute Gasteiger partial charge is 0.459 e. The van der Waals surface area contributed by atoms with E-state index in [1.54, 1.807) is 6.07 Å². The summed E-state index contributed by atoms with van der Waals surface area (Å²) in [6, 6.07) is 10.6. The lowest BCUT2D eigenvalue weighted by atomic mass is 10.2. The minimum atomic E-state index is -1.73. The predicted octanol–water partition coefficient (Wildman–Crippen LogP) is 4.13. The van der Waals surface area contributed by atoms with Crippen molar-refractivity contribution in [2.24, 2.45) is 0 Å². The molecular weight excluding hydrogens is 335 g/mol. The summed E-state index contributed by atoms with van der Waals surface area (Å²) >= 11 is 17.7. The van der Waals surface area contributed by atoms with Crippen LogP contribution >= 0.6 is 34.8 Å². The Morgan fingerprint density at radius 2 is 1.86 bits per heavy atom. The van der Waals surface area contributed by atoms with E-state index in [4.69, 9.17) is 39.2 Å². The number of hydrogen-bond donors (Lipinski definition) is 2. The van der Waals surface area contributed by atoms with Crippen LogP contribution in [0.15, 0.2) is 47.1 Å². The molecule has 0 aliphatic rings. The Labute approximate surface area is 137 Å². The fourth-order valence-electron chi connectivity index (χ4n) is 1.63. The molecule has 1 unspecified atom stereocenters. The Morgan fingerprint density at radius 3 is 2.38 bits per heavy atom. The van der Waals surface area contributed by atoms with Gasteiger partial charge in [0, 0.05) is 5.69 Å². The molecule has 0 aliphatic carbocycles. The SMILES string of the molecule is Cc1ccc(NC(NC(=O)c2ccco2)C(Cl)(Cl)Cl)cc1. The molecule has 0 spiro atoms. The second-order valence-corrected chi connectivity index (χ2v) is 6.80. The van der Waals surface area contributed by atoms with Gasteiger partial charge in [-0.1, -0.05) is 52.5 Å². The number of amides is 1. The molecule has 21 heavy (non-hydrogen) atoms. The topological polar surface area (TPSA) is 54.3 Å². The van der Waals surface area contributed by atoms with Crippen LogP contribution in [0.5, 0.6) is 0 Å². The maximum Gasteiger partial charge on any atom is 0.288 e. The zero-order valence-corrected chi connectivity index (χ0v) is 13.3. The van der Waals surface area contributed by atoms with Crippen molar-refractivity contribution in [1.82, 2.24) is 5.32 Å². The monoisotopic (exact) mass is 346 g/mol. The van der Waals surface area contributed by atoms with E-state index in [1.165, 1.54) is 12.3 Å². The molecule has 1 amide bonds. The fourth-order valence-corrected chi connectivity index (χ4v) is 1.95. The summed E-state index contributed by atoms with van der Waals surface area (Å²) in [5.41, 5.74) is 1.82. The van der Waals surface area contributed by atoms with Gasteiger partial charge in [-0.2, -0.15) is 0 Å². The molecule has 2 N–H and O–H groups in total. The van der Waals surface area contributed by atoms with E-state index in [0.29, 0.717) is 0 Å². The maximum atomic E-state index is 12.0. The van der Waals surface area contributed by atoms with E-state index in [1.807, 2.05) is 31.2 Å². The number of halogens is 3. The fraction of sp³-hybridized carbons (Fsp3) is 0.214. The van der Waals surface area contributed by atoms with Crippen molar-refractivity contribution in [3.63, 3.8) is 0 Å². The van der Waals surface area contributed by atoms with E-state index >= 15 is 0 Å². The molecule has 1 aromatic heterocycles. The summed E-state index contributed by atoms with van der Waals surface area (Å²) in [6.45, 7) is 1.97. The van der Waals surface area contributed by atoms with E-state index in [-0.39, 0.29) is 5.76 Å². The van der Waals surface area contributed by atoms with Gasteiger partial charge in [-0.15, -0.1) is 0 Å². The third-order valence-electron chi connectivity index (χ3n) is 2.71. The lowest BCUT2D eigenvalue weighted by molar-refractivity contribution is 0.0914. The Morgan fingerprint density at radius 1 is 1.19 bits per heavy atom. The first-order valence-corrected chi connectivity index (χ1v) is 7.24. The lowest BCUT2D eigenvalue weighted by Gasteiger charge is -2.27. The molecule has 0 aliphatic heterocycles. The predicted molar refractivity (Wildman–Crippen MR) is 85.1 cm³/mol. The van der Waals surface area contributed by atoms with Gasteiger partial charge >= 0.3 is 0 Å². The summed E-state index contributed by atoms with van der Waals surface area (Å²) in [4.78, 5) is 12.0. The van der Waals surface area contributed by atoms with Crippen molar-refractivity contribution in [2.45, 2.75) is 16.9 Å². The second kappa shape index (κ2) is 6.60. The van der Waals surface area contributed by atoms with Crippen LogP contribution in [0.2, 0.25) is 0 Å². The summed E-state index contributed by atoms with van der Waals surface area (Å²) in [6.07, 6.45) is 0.481. The maximum absolute atomic E-state index is 12.0. The summed E-state index contributed by atoms with van der Waals surface area (Å²) < 4.78 is 3.28. The Kier molecular flexibility index (Phi) is 5.04. The first-order chi connectivity index (χ1) is 9.86. The van der Waals surface area contributed by atoms with E-state index in [2.05, 4.69) is 10.6 Å². The first kappa shape index (κ1) is 16.0. The molecule has 112 valence electrons. The number of carbonyl (C=O) groups is 1. The molecule has 2 rings (SSSR count). The Balaban J connectivity index is 2.12. The van der Waals surface area contributed by atoms with Crippen molar-refractivity contribution < 1.29 is 9.21 Å². The number of hydrogen-bond acceptors (Lipinski definition) is 3. The van der Waals surface area contributed by atoms with Crippen molar-refractivity contribution >= 4 is 46.4 Å². The van der Waals surface area contributed by atoms with Crippen molar-refractivity contribution in [3.05, 3.63) is 54.0 Å². The molecule has 0 radical (unpaired) electrons. The highest BCUT2D eigenvalue weighted by Gasteiger charge is 2.34. The molecule has 0 fully saturated rings. The van der Waals surface area contributed by atoms with Gasteiger partial charge in [-0.3, -0.25) is 4.79 Å². The van der Waals surface area contributed by atoms with Crippen LogP contribution in [0.25, 0.3) is 0 Å². The third-order valence-corrected chi connectivity index (χ3v) is 3.36. The Hall–Kier alpha value is -1.36. The standard InChI is InChI=1S/C14H13Cl3N2O2/c1-9-4-6-10(7-5-9)18-13(14(15,16)17)19-12(20)11-3-2-8-21-11/h2-8,13,18H,1H3,(H,19,20). The second-order valence-electron chi connectivity index (χ2n) is 4.44. The normalized spacial score (nSPS) is 12.8. The van der Waals surface area contributed by atoms with Crippen molar-refractivity contribution in [1.29, 1.82) is 0 Å². The van der Waals surface area contributed by atoms with Crippen LogP contribution in [-0.4, -0.2) is 15.9 Å². The summed E-state index contributed by atoms with van der Waals surface area (Å²) in [5, 5.41) is 5.55. The van der Waals surface area contributed by atoms with Gasteiger partial charge in [0.15, 0.2) is 5.76 Å². The smallest absolute Gasteiger partial charge is 0.288 e. The number of carbonyl (C=O) groups excluding carboxylic acids is 1. The molecule has 0 saturated heterocycles. The van der Waals surface area contributed by atoms with Crippen LogP contribution in [0.1, 0.15) is 16.1 Å². The van der Waals surface area contributed by atoms with E-state index < -0.39 is 15.9 Å². The minimum Gasteiger partial charge on any atom is -0.459 e. The highest BCUT2D eigenvalue weighted by Crippen LogP contribution is 2.31. The van der Waals surface area contributed by atoms with Crippen LogP contribution in [0.4, 0.5) is 5.69 Å². The minimum absolute atomic E-state index is 0.139. The Bertz CT molecular complexity index is 592. The highest BCUT2D eigenvalue weighted by atomic mass is 35.6. The van der Waals surface area contributed by atoms with Crippen LogP contribution < -0.4 is 10.6 Å². The quantitative estimate of drug-likeness (QED) is 0.646. The first-order valence-electron chi connectivity index (χ1n) is 6.10. The van der Waals surface area contributed by atoms with Gasteiger partial charge in [-0.25, -0.2) is 0 Å². The molecule has 7 heteroatoms. The molecule has 0 saturated carbocycles. The van der Waals surface area contributed by atoms with Crippen molar-refractivity contribution in [2.75, 3.05) is 5.32 Å². The van der Waals surface area contributed by atoms with Gasteiger partial charge in [0.1, 0.15) is 6.17 Å². The zero-order chi connectivity index (χ0) is 15.5. The van der Waals surface area contributed by atoms with Crippen LogP contribution in [0.3, 0.4) is 0 Å². The van der Waals surface area contributed by atoms with E-state index in [9.17, 15) is 4.79 Å². The average molecular weight is 348 g/mol. The van der Waals surface area contributed by atoms with Gasteiger partial charge in [0.2, 0.25) is 3.79 Å². The van der Waals surface area contributed by atoms with Crippen molar-refractivity contribution in [3.8, 4) is 0 Å². The van der Waals surface area contributed by atoms with Gasteiger partial charge in [-0.05, 0) is 31.2 Å². The number of aryl methyl sites for hydroxylation is 1. The summed E-state index contributed by atoms with van der Waals surface area (Å²) in [5.74, 6) is -0.337. The van der Waals surface area contributed by atoms with Gasteiger partial charge in [0.05, 0.1) is 6.26 Å². The van der Waals surface area contributed by atoms with Crippen LogP contribution in [-0.2, 0) is 0 Å². The third kappa shape index (κ3) is 4.56. The summed E-state index contributed by atoms with van der Waals surface area (Å²) in [7, 11) is 0. The number of nitrogens with one attached hydrogen (secondary N) is 2. The lowest BCUT2D eigenvalue weighted by Crippen LogP contribution is -2.49. The number of benzene rings is 1. The highest BCUT2D eigenvalue weighted by molar-refractivity contribution is 6.68.